The Kier molecular flexibility index (Phi) is 1.05. The zero-order valence-electron chi connectivity index (χ0n) is 4.76. The summed E-state index contributed by atoms with van der Waals surface area (Å²) in [4.78, 5) is 4.04. The van der Waals surface area contributed by atoms with Crippen molar-refractivity contribution in [3.63, 3.8) is 0 Å². The van der Waals surface area contributed by atoms with Crippen LogP contribution in [0.4, 0.5) is 5.82 Å². The summed E-state index contributed by atoms with van der Waals surface area (Å²) >= 11 is 1.53. The fraction of sp³-hybridized carbons (Fsp3) is 0.400. The Hall–Kier alpha value is -0.770. The average molecular weight is 142 g/mol. The molecule has 2 rings (SSSR count). The minimum atomic E-state index is 0.759. The van der Waals surface area contributed by atoms with Crippen LogP contribution in [0.15, 0.2) is 5.51 Å². The van der Waals surface area contributed by atoms with E-state index in [1.807, 2.05) is 0 Å². The van der Waals surface area contributed by atoms with Crippen LogP contribution in [0.3, 0.4) is 0 Å². The number of thiazole rings is 1. The van der Waals surface area contributed by atoms with E-state index < -0.39 is 0 Å². The van der Waals surface area contributed by atoms with Crippen LogP contribution >= 0.6 is 11.3 Å². The van der Waals surface area contributed by atoms with Crippen LogP contribution in [0.1, 0.15) is 0 Å². The Bertz CT molecular complexity index is 190. The van der Waals surface area contributed by atoms with Crippen LogP contribution in [0.2, 0.25) is 0 Å². The normalized spacial score (nSPS) is 15.6. The molecule has 4 heteroatoms. The van der Waals surface area contributed by atoms with Gasteiger partial charge in [0.15, 0.2) is 5.82 Å². The van der Waals surface area contributed by atoms with Crippen molar-refractivity contribution in [2.45, 2.75) is 0 Å². The van der Waals surface area contributed by atoms with E-state index in [2.05, 4.69) is 10.3 Å². The third kappa shape index (κ3) is 0.751. The van der Waals surface area contributed by atoms with Gasteiger partial charge in [-0.15, -0.1) is 0 Å². The third-order valence-electron chi connectivity index (χ3n) is 1.16. The highest BCUT2D eigenvalue weighted by Crippen LogP contribution is 2.29. The molecule has 0 fully saturated rings. The Morgan fingerprint density at radius 1 is 1.78 bits per heavy atom. The molecule has 0 atom stereocenters. The molecule has 2 heterocycles. The van der Waals surface area contributed by atoms with Gasteiger partial charge in [0.2, 0.25) is 5.06 Å². The Labute approximate surface area is 56.7 Å². The van der Waals surface area contributed by atoms with Gasteiger partial charge in [-0.1, -0.05) is 11.3 Å². The quantitative estimate of drug-likeness (QED) is 0.585. The zero-order chi connectivity index (χ0) is 6.10. The first kappa shape index (κ1) is 5.05. The molecule has 0 amide bonds. The van der Waals surface area contributed by atoms with Crippen LogP contribution < -0.4 is 10.1 Å². The Morgan fingerprint density at radius 2 is 2.78 bits per heavy atom. The molecule has 1 N–H and O–H groups in total. The summed E-state index contributed by atoms with van der Waals surface area (Å²) in [5.74, 6) is 0.895. The van der Waals surface area contributed by atoms with Gasteiger partial charge in [0, 0.05) is 0 Å². The maximum atomic E-state index is 5.26. The lowest BCUT2D eigenvalue weighted by molar-refractivity contribution is 0.332. The van der Waals surface area contributed by atoms with Gasteiger partial charge in [0.1, 0.15) is 6.61 Å². The second kappa shape index (κ2) is 1.88. The minimum Gasteiger partial charge on any atom is -0.479 e. The summed E-state index contributed by atoms with van der Waals surface area (Å²) in [6.07, 6.45) is 0. The van der Waals surface area contributed by atoms with E-state index in [1.165, 1.54) is 11.3 Å². The highest BCUT2D eigenvalue weighted by atomic mass is 32.1. The molecule has 0 bridgehead atoms. The lowest BCUT2D eigenvalue weighted by Gasteiger charge is -2.12. The molecule has 0 aliphatic carbocycles. The van der Waals surface area contributed by atoms with Crippen LogP contribution in [0.5, 0.6) is 5.06 Å². The number of anilines is 1. The van der Waals surface area contributed by atoms with Crippen molar-refractivity contribution in [1.82, 2.24) is 4.98 Å². The molecule has 0 radical (unpaired) electrons. The van der Waals surface area contributed by atoms with Gasteiger partial charge in [-0.05, 0) is 0 Å². The van der Waals surface area contributed by atoms with Crippen LogP contribution in [0.25, 0.3) is 0 Å². The molecule has 1 aliphatic rings. The standard InChI is InChI=1S/C5H6N2OS/c1-2-8-5-4(6-1)7-3-9-5/h3,6H,1-2H2. The van der Waals surface area contributed by atoms with E-state index in [0.29, 0.717) is 0 Å². The fourth-order valence-electron chi connectivity index (χ4n) is 0.769. The molecule has 0 spiro atoms. The number of aromatic nitrogens is 1. The van der Waals surface area contributed by atoms with Crippen molar-refractivity contribution in [2.75, 3.05) is 18.5 Å². The van der Waals surface area contributed by atoms with E-state index in [-0.39, 0.29) is 0 Å². The lowest BCUT2D eigenvalue weighted by Crippen LogP contribution is -2.16. The maximum absolute atomic E-state index is 5.26. The van der Waals surface area contributed by atoms with E-state index in [4.69, 9.17) is 4.74 Å². The van der Waals surface area contributed by atoms with Crippen molar-refractivity contribution in [3.05, 3.63) is 5.51 Å². The zero-order valence-corrected chi connectivity index (χ0v) is 5.57. The first-order chi connectivity index (χ1) is 4.47. The van der Waals surface area contributed by atoms with Crippen LogP contribution in [-0.2, 0) is 0 Å². The third-order valence-corrected chi connectivity index (χ3v) is 1.90. The van der Waals surface area contributed by atoms with E-state index in [9.17, 15) is 0 Å². The number of fused-ring (bicyclic) bond motifs is 1. The van der Waals surface area contributed by atoms with Crippen molar-refractivity contribution in [1.29, 1.82) is 0 Å². The fourth-order valence-corrected chi connectivity index (χ4v) is 1.41. The molecular formula is C5H6N2OS. The van der Waals surface area contributed by atoms with Crippen molar-refractivity contribution in [2.24, 2.45) is 0 Å². The minimum absolute atomic E-state index is 0.759. The molecule has 1 aliphatic heterocycles. The highest BCUT2D eigenvalue weighted by molar-refractivity contribution is 7.12. The smallest absolute Gasteiger partial charge is 0.218 e. The summed E-state index contributed by atoms with van der Waals surface area (Å²) < 4.78 is 5.26. The molecule has 1 aromatic heterocycles. The monoisotopic (exact) mass is 142 g/mol. The molecule has 0 saturated carbocycles. The lowest BCUT2D eigenvalue weighted by atomic mass is 10.6. The number of rotatable bonds is 0. The molecule has 0 saturated heterocycles. The first-order valence-corrected chi connectivity index (χ1v) is 3.65. The largest absolute Gasteiger partial charge is 0.479 e. The van der Waals surface area contributed by atoms with Gasteiger partial charge in [0.25, 0.3) is 0 Å². The number of nitrogens with one attached hydrogen (secondary N) is 1. The SMILES string of the molecule is c1nc2c(s1)OCCN2. The molecule has 0 unspecified atom stereocenters. The number of nitrogens with zero attached hydrogens (tertiary/aromatic N) is 1. The molecule has 48 valence electrons. The number of hydrogen-bond acceptors (Lipinski definition) is 4. The van der Waals surface area contributed by atoms with Gasteiger partial charge in [-0.3, -0.25) is 0 Å². The Morgan fingerprint density at radius 3 is 3.67 bits per heavy atom. The molecule has 1 aromatic rings. The average Bonchev–Trinajstić information content (AvgIpc) is 2.33. The Balaban J connectivity index is 2.39. The maximum Gasteiger partial charge on any atom is 0.218 e. The summed E-state index contributed by atoms with van der Waals surface area (Å²) in [5.41, 5.74) is 1.78. The van der Waals surface area contributed by atoms with Crippen molar-refractivity contribution >= 4 is 17.2 Å². The van der Waals surface area contributed by atoms with Gasteiger partial charge in [0.05, 0.1) is 12.1 Å². The summed E-state index contributed by atoms with van der Waals surface area (Å²) in [7, 11) is 0. The summed E-state index contributed by atoms with van der Waals surface area (Å²) in [5, 5.41) is 4.03. The van der Waals surface area contributed by atoms with E-state index >= 15 is 0 Å². The molecule has 3 nitrogen and oxygen atoms in total. The van der Waals surface area contributed by atoms with Gasteiger partial charge >= 0.3 is 0 Å². The topological polar surface area (TPSA) is 34.1 Å². The van der Waals surface area contributed by atoms with E-state index in [1.54, 1.807) is 5.51 Å². The predicted molar refractivity (Wildman–Crippen MR) is 36.1 cm³/mol. The van der Waals surface area contributed by atoms with Crippen molar-refractivity contribution < 1.29 is 4.74 Å². The summed E-state index contributed by atoms with van der Waals surface area (Å²) in [6.45, 7) is 1.63. The van der Waals surface area contributed by atoms with Crippen LogP contribution in [-0.4, -0.2) is 18.1 Å². The first-order valence-electron chi connectivity index (χ1n) is 2.77. The van der Waals surface area contributed by atoms with E-state index in [0.717, 1.165) is 24.0 Å². The summed E-state index contributed by atoms with van der Waals surface area (Å²) in [6, 6.07) is 0. The highest BCUT2D eigenvalue weighted by Gasteiger charge is 2.10. The number of ether oxygens (including phenoxy) is 1. The predicted octanol–water partition coefficient (Wildman–Crippen LogP) is 0.947. The second-order valence-electron chi connectivity index (χ2n) is 1.76. The molecule has 9 heavy (non-hydrogen) atoms. The second-order valence-corrected chi connectivity index (χ2v) is 2.58. The number of hydrogen-bond donors (Lipinski definition) is 1. The molecular weight excluding hydrogens is 136 g/mol. The van der Waals surface area contributed by atoms with Crippen LogP contribution in [0, 0.1) is 0 Å². The van der Waals surface area contributed by atoms with Gasteiger partial charge in [-0.2, -0.15) is 0 Å². The van der Waals surface area contributed by atoms with Crippen molar-refractivity contribution in [3.8, 4) is 5.06 Å². The molecule has 0 aromatic carbocycles. The van der Waals surface area contributed by atoms with Gasteiger partial charge in [-0.25, -0.2) is 4.98 Å². The van der Waals surface area contributed by atoms with Gasteiger partial charge < -0.3 is 10.1 Å².